The molecule has 0 saturated heterocycles. The summed E-state index contributed by atoms with van der Waals surface area (Å²) >= 11 is 7.93. The molecule has 6 heteroatoms. The van der Waals surface area contributed by atoms with Gasteiger partial charge < -0.3 is 17.0 Å². The van der Waals surface area contributed by atoms with E-state index in [2.05, 4.69) is 103 Å². The monoisotopic (exact) mass is 592 g/mol. The lowest BCUT2D eigenvalue weighted by atomic mass is 10.2. The molecule has 0 aliphatic carbocycles. The van der Waals surface area contributed by atoms with Gasteiger partial charge in [0, 0.05) is 17.0 Å². The summed E-state index contributed by atoms with van der Waals surface area (Å²) in [4.78, 5) is 9.65. The zero-order chi connectivity index (χ0) is 24.1. The molecule has 36 heavy (non-hydrogen) atoms. The highest BCUT2D eigenvalue weighted by Crippen LogP contribution is 2.60. The molecule has 5 rings (SSSR count). The van der Waals surface area contributed by atoms with E-state index < -0.39 is 12.3 Å². The Morgan fingerprint density at radius 1 is 0.722 bits per heavy atom. The molecule has 0 bridgehead atoms. The normalized spacial score (nSPS) is 16.9. The third-order valence-corrected chi connectivity index (χ3v) is 12.4. The van der Waals surface area contributed by atoms with Gasteiger partial charge in [0.15, 0.2) is 0 Å². The molecule has 1 atom stereocenters. The average molecular weight is 594 g/mol. The molecule has 0 aromatic heterocycles. The van der Waals surface area contributed by atoms with Gasteiger partial charge in [0.1, 0.15) is 29.3 Å². The van der Waals surface area contributed by atoms with Crippen molar-refractivity contribution in [3.8, 4) is 0 Å². The Hall–Kier alpha value is -2.23. The second kappa shape index (κ2) is 11.9. The Balaban J connectivity index is 0.00000304. The van der Waals surface area contributed by atoms with E-state index >= 15 is 0 Å². The van der Waals surface area contributed by atoms with Gasteiger partial charge >= 0.3 is 0 Å². The van der Waals surface area contributed by atoms with E-state index in [0.717, 1.165) is 22.6 Å². The van der Waals surface area contributed by atoms with Crippen LogP contribution in [0.5, 0.6) is 0 Å². The predicted molar refractivity (Wildman–Crippen MR) is 157 cm³/mol. The first-order valence-corrected chi connectivity index (χ1v) is 15.0. The maximum Gasteiger partial charge on any atom is 0.232 e. The van der Waals surface area contributed by atoms with E-state index in [-0.39, 0.29) is 17.0 Å². The summed E-state index contributed by atoms with van der Waals surface area (Å²) in [6, 6.07) is 40.9. The molecule has 0 saturated carbocycles. The first kappa shape index (κ1) is 26.8. The van der Waals surface area contributed by atoms with Crippen molar-refractivity contribution < 1.29 is 17.0 Å². The molecular weight excluding hydrogens is 567 g/mol. The lowest BCUT2D eigenvalue weighted by molar-refractivity contribution is -0.00000690. The molecule has 4 aromatic rings. The number of aliphatic imine (C=N–C) groups is 2. The van der Waals surface area contributed by atoms with Crippen LogP contribution in [0, 0.1) is 0 Å². The molecule has 0 fully saturated rings. The number of hydrogen-bond acceptors (Lipinski definition) is 3. The van der Waals surface area contributed by atoms with E-state index in [1.54, 1.807) is 11.8 Å². The van der Waals surface area contributed by atoms with Crippen LogP contribution < -0.4 is 32.9 Å². The number of hydrogen-bond donors (Lipinski definition) is 0. The Kier molecular flexibility index (Phi) is 8.85. The molecule has 1 heterocycles. The van der Waals surface area contributed by atoms with Gasteiger partial charge in [-0.2, -0.15) is 0 Å². The molecule has 0 amide bonds. The van der Waals surface area contributed by atoms with Gasteiger partial charge in [-0.25, -0.2) is 9.98 Å². The molecule has 1 aliphatic rings. The van der Waals surface area contributed by atoms with Crippen LogP contribution in [-0.4, -0.2) is 23.1 Å². The zero-order valence-electron chi connectivity index (χ0n) is 20.0. The fourth-order valence-electron chi connectivity index (χ4n) is 4.58. The molecule has 4 aromatic carbocycles. The van der Waals surface area contributed by atoms with Crippen molar-refractivity contribution in [2.75, 3.05) is 6.16 Å². The van der Waals surface area contributed by atoms with E-state index in [1.807, 2.05) is 25.3 Å². The number of nitrogens with zero attached hydrogens (tertiary/aromatic N) is 2. The maximum absolute atomic E-state index is 6.13. The second-order valence-corrected chi connectivity index (χ2v) is 13.8. The summed E-state index contributed by atoms with van der Waals surface area (Å²) in [5, 5.41) is 4.79. The SMILES string of the molecule is CC1=NC(C[P+](c2ccccc2)(c2ccccc2)c2ccccc2)(SCc2ccc(Cl)cc2)N=C1.[Br-]. The van der Waals surface area contributed by atoms with E-state index in [0.29, 0.717) is 0 Å². The van der Waals surface area contributed by atoms with E-state index in [9.17, 15) is 0 Å². The summed E-state index contributed by atoms with van der Waals surface area (Å²) in [5.74, 6) is 0.809. The predicted octanol–water partition coefficient (Wildman–Crippen LogP) is 3.77. The van der Waals surface area contributed by atoms with Gasteiger partial charge in [-0.3, -0.25) is 0 Å². The van der Waals surface area contributed by atoms with Crippen LogP contribution in [0.25, 0.3) is 0 Å². The Labute approximate surface area is 234 Å². The van der Waals surface area contributed by atoms with Crippen LogP contribution in [0.15, 0.2) is 125 Å². The minimum Gasteiger partial charge on any atom is -1.00 e. The fourth-order valence-corrected chi connectivity index (χ4v) is 10.8. The van der Waals surface area contributed by atoms with Crippen molar-refractivity contribution in [1.82, 2.24) is 0 Å². The lowest BCUT2D eigenvalue weighted by Gasteiger charge is -2.33. The summed E-state index contributed by atoms with van der Waals surface area (Å²) in [7, 11) is -2.09. The minimum atomic E-state index is -2.09. The summed E-state index contributed by atoms with van der Waals surface area (Å²) in [5.41, 5.74) is 2.19. The third-order valence-electron chi connectivity index (χ3n) is 6.22. The number of halogens is 2. The van der Waals surface area contributed by atoms with Crippen LogP contribution in [0.1, 0.15) is 12.5 Å². The van der Waals surface area contributed by atoms with E-state index in [1.165, 1.54) is 21.5 Å². The van der Waals surface area contributed by atoms with Gasteiger partial charge in [-0.15, -0.1) is 0 Å². The number of thioether (sulfide) groups is 1. The lowest BCUT2D eigenvalue weighted by Crippen LogP contribution is -3.00. The van der Waals surface area contributed by atoms with Crippen LogP contribution in [-0.2, 0) is 5.75 Å². The van der Waals surface area contributed by atoms with Crippen molar-refractivity contribution in [3.63, 3.8) is 0 Å². The average Bonchev–Trinajstić information content (AvgIpc) is 3.29. The number of benzene rings is 4. The highest BCUT2D eigenvalue weighted by atomic mass is 79.9. The third kappa shape index (κ3) is 5.68. The minimum absolute atomic E-state index is 0. The van der Waals surface area contributed by atoms with Gasteiger partial charge in [-0.1, -0.05) is 90.1 Å². The van der Waals surface area contributed by atoms with Gasteiger partial charge in [0.2, 0.25) is 4.99 Å². The van der Waals surface area contributed by atoms with Crippen molar-refractivity contribution in [3.05, 3.63) is 126 Å². The first-order chi connectivity index (χ1) is 17.1. The molecule has 182 valence electrons. The molecule has 1 aliphatic heterocycles. The Morgan fingerprint density at radius 2 is 1.19 bits per heavy atom. The van der Waals surface area contributed by atoms with Crippen LogP contribution in [0.4, 0.5) is 0 Å². The summed E-state index contributed by atoms with van der Waals surface area (Å²) < 4.78 is 0. The molecule has 0 radical (unpaired) electrons. The maximum atomic E-state index is 6.13. The topological polar surface area (TPSA) is 24.7 Å². The van der Waals surface area contributed by atoms with Gasteiger partial charge in [0.05, 0.1) is 5.71 Å². The summed E-state index contributed by atoms with van der Waals surface area (Å²) in [6.45, 7) is 2.04. The Bertz CT molecular complexity index is 1240. The largest absolute Gasteiger partial charge is 1.00 e. The molecule has 0 spiro atoms. The van der Waals surface area contributed by atoms with Crippen LogP contribution in [0.3, 0.4) is 0 Å². The van der Waals surface area contributed by atoms with Gasteiger partial charge in [-0.05, 0) is 61.0 Å². The highest BCUT2D eigenvalue weighted by molar-refractivity contribution is 8.02. The first-order valence-electron chi connectivity index (χ1n) is 11.6. The molecule has 2 nitrogen and oxygen atoms in total. The highest BCUT2D eigenvalue weighted by Gasteiger charge is 2.53. The molecule has 0 N–H and O–H groups in total. The fraction of sp³-hybridized carbons (Fsp3) is 0.133. The van der Waals surface area contributed by atoms with E-state index in [4.69, 9.17) is 21.6 Å². The van der Waals surface area contributed by atoms with Crippen LogP contribution >= 0.6 is 30.6 Å². The van der Waals surface area contributed by atoms with Crippen LogP contribution in [0.2, 0.25) is 5.02 Å². The standard InChI is InChI=1S/C30H27ClN2PS.BrH/c1-24-21-32-30(33-24,35-22-25-17-19-26(31)20-18-25)23-34(27-11-5-2-6-12-27,28-13-7-3-8-14-28)29-15-9-4-10-16-29;/h2-21H,22-23H2,1H3;1H/q+1;/p-1. The smallest absolute Gasteiger partial charge is 0.232 e. The van der Waals surface area contributed by atoms with Crippen molar-refractivity contribution >= 4 is 58.5 Å². The van der Waals surface area contributed by atoms with Crippen molar-refractivity contribution in [1.29, 1.82) is 0 Å². The van der Waals surface area contributed by atoms with Crippen molar-refractivity contribution in [2.45, 2.75) is 17.7 Å². The van der Waals surface area contributed by atoms with Crippen molar-refractivity contribution in [2.24, 2.45) is 9.98 Å². The molecule has 1 unspecified atom stereocenters. The number of rotatable bonds is 8. The summed E-state index contributed by atoms with van der Waals surface area (Å²) in [6.07, 6.45) is 2.74. The van der Waals surface area contributed by atoms with Gasteiger partial charge in [0.25, 0.3) is 0 Å². The Morgan fingerprint density at radius 3 is 1.61 bits per heavy atom. The second-order valence-electron chi connectivity index (χ2n) is 8.64. The zero-order valence-corrected chi connectivity index (χ0v) is 24.0. The molecular formula is C30H27BrClN2PS. The quantitative estimate of drug-likeness (QED) is 0.286.